The molecule has 2 saturated heterocycles. The summed E-state index contributed by atoms with van der Waals surface area (Å²) in [6.45, 7) is 7.09. The van der Waals surface area contributed by atoms with Gasteiger partial charge in [-0.1, -0.05) is 12.1 Å². The van der Waals surface area contributed by atoms with Crippen molar-refractivity contribution >= 4 is 17.5 Å². The van der Waals surface area contributed by atoms with E-state index in [1.807, 2.05) is 17.0 Å². The Morgan fingerprint density at radius 1 is 1.03 bits per heavy atom. The Kier molecular flexibility index (Phi) is 5.45. The van der Waals surface area contributed by atoms with Crippen molar-refractivity contribution in [2.75, 3.05) is 56.1 Å². The molecule has 0 saturated carbocycles. The minimum atomic E-state index is -0.0416. The molecule has 0 unspecified atom stereocenters. The average Bonchev–Trinajstić information content (AvgIpc) is 3.47. The molecule has 4 heterocycles. The molecule has 2 fully saturated rings. The molecule has 30 heavy (non-hydrogen) atoms. The lowest BCUT2D eigenvalue weighted by Crippen LogP contribution is -2.49. The number of nitrogens with one attached hydrogen (secondary N) is 1. The highest BCUT2D eigenvalue weighted by molar-refractivity contribution is 5.89. The first kappa shape index (κ1) is 19.2. The minimum absolute atomic E-state index is 0.0416. The van der Waals surface area contributed by atoms with Gasteiger partial charge in [0, 0.05) is 52.2 Å². The third kappa shape index (κ3) is 4.21. The standard InChI is InChI=1S/C23H29N5O2/c29-23(25-20-4-6-22(24-16-20)27-8-1-2-9-27)28-12-10-26(11-13-28)17-18-3-5-21-19(15-18)7-14-30-21/h3-6,15-16H,1-2,7-14,17H2,(H,25,29). The molecule has 0 radical (unpaired) electrons. The average molecular weight is 408 g/mol. The number of anilines is 2. The zero-order valence-corrected chi connectivity index (χ0v) is 17.3. The molecule has 5 rings (SSSR count). The number of carbonyl (C=O) groups is 1. The molecule has 2 amide bonds. The lowest BCUT2D eigenvalue weighted by Gasteiger charge is -2.34. The highest BCUT2D eigenvalue weighted by Crippen LogP contribution is 2.26. The van der Waals surface area contributed by atoms with Crippen LogP contribution in [-0.4, -0.2) is 66.7 Å². The maximum atomic E-state index is 12.6. The van der Waals surface area contributed by atoms with E-state index in [2.05, 4.69) is 38.3 Å². The van der Waals surface area contributed by atoms with E-state index in [0.717, 1.165) is 76.1 Å². The second-order valence-corrected chi connectivity index (χ2v) is 8.33. The minimum Gasteiger partial charge on any atom is -0.493 e. The molecule has 7 heteroatoms. The van der Waals surface area contributed by atoms with Gasteiger partial charge in [0.25, 0.3) is 0 Å². The van der Waals surface area contributed by atoms with Crippen molar-refractivity contribution in [1.82, 2.24) is 14.8 Å². The number of amides is 2. The van der Waals surface area contributed by atoms with Crippen molar-refractivity contribution in [3.8, 4) is 5.75 Å². The first-order valence-corrected chi connectivity index (χ1v) is 11.0. The van der Waals surface area contributed by atoms with Crippen LogP contribution in [0.1, 0.15) is 24.0 Å². The van der Waals surface area contributed by atoms with Gasteiger partial charge in [-0.2, -0.15) is 0 Å². The maximum Gasteiger partial charge on any atom is 0.321 e. The smallest absolute Gasteiger partial charge is 0.321 e. The Hall–Kier alpha value is -2.80. The quantitative estimate of drug-likeness (QED) is 0.844. The summed E-state index contributed by atoms with van der Waals surface area (Å²) in [6, 6.07) is 10.4. The highest BCUT2D eigenvalue weighted by Gasteiger charge is 2.22. The van der Waals surface area contributed by atoms with Gasteiger partial charge in [0.1, 0.15) is 11.6 Å². The van der Waals surface area contributed by atoms with Gasteiger partial charge in [-0.05, 0) is 42.2 Å². The fourth-order valence-electron chi connectivity index (χ4n) is 4.50. The molecule has 3 aliphatic heterocycles. The van der Waals surface area contributed by atoms with Crippen molar-refractivity contribution in [2.45, 2.75) is 25.8 Å². The van der Waals surface area contributed by atoms with Crippen molar-refractivity contribution in [3.63, 3.8) is 0 Å². The number of fused-ring (bicyclic) bond motifs is 1. The molecular weight excluding hydrogens is 378 g/mol. The molecule has 0 atom stereocenters. The van der Waals surface area contributed by atoms with Crippen LogP contribution in [0, 0.1) is 0 Å². The van der Waals surface area contributed by atoms with E-state index in [1.54, 1.807) is 6.20 Å². The normalized spacial score (nSPS) is 18.9. The van der Waals surface area contributed by atoms with Crippen LogP contribution in [0.25, 0.3) is 0 Å². The number of urea groups is 1. The molecule has 1 N–H and O–H groups in total. The van der Waals surface area contributed by atoms with E-state index in [9.17, 15) is 4.79 Å². The SMILES string of the molecule is O=C(Nc1ccc(N2CCCC2)nc1)N1CCN(Cc2ccc3c(c2)CCO3)CC1. The number of nitrogens with zero attached hydrogens (tertiary/aromatic N) is 4. The second-order valence-electron chi connectivity index (χ2n) is 8.33. The molecule has 0 aliphatic carbocycles. The van der Waals surface area contributed by atoms with E-state index in [0.29, 0.717) is 0 Å². The first-order valence-electron chi connectivity index (χ1n) is 11.0. The summed E-state index contributed by atoms with van der Waals surface area (Å²) in [6.07, 6.45) is 5.23. The second kappa shape index (κ2) is 8.52. The van der Waals surface area contributed by atoms with Crippen LogP contribution in [0.3, 0.4) is 0 Å². The van der Waals surface area contributed by atoms with E-state index in [4.69, 9.17) is 4.74 Å². The van der Waals surface area contributed by atoms with Gasteiger partial charge in [0.2, 0.25) is 0 Å². The van der Waals surface area contributed by atoms with Crippen LogP contribution in [0.15, 0.2) is 36.5 Å². The number of piperazine rings is 1. The molecule has 2 aromatic rings. The fraction of sp³-hybridized carbons (Fsp3) is 0.478. The number of benzene rings is 1. The van der Waals surface area contributed by atoms with Gasteiger partial charge in [-0.25, -0.2) is 9.78 Å². The lowest BCUT2D eigenvalue weighted by molar-refractivity contribution is 0.143. The third-order valence-corrected chi connectivity index (χ3v) is 6.25. The molecule has 3 aliphatic rings. The van der Waals surface area contributed by atoms with Crippen molar-refractivity contribution in [2.24, 2.45) is 0 Å². The summed E-state index contributed by atoms with van der Waals surface area (Å²) in [7, 11) is 0. The van der Waals surface area contributed by atoms with E-state index in [-0.39, 0.29) is 6.03 Å². The Labute approximate surface area is 177 Å². The van der Waals surface area contributed by atoms with Gasteiger partial charge >= 0.3 is 6.03 Å². The predicted octanol–water partition coefficient (Wildman–Crippen LogP) is 2.97. The van der Waals surface area contributed by atoms with Gasteiger partial charge in [-0.3, -0.25) is 4.90 Å². The Morgan fingerprint density at radius 2 is 1.87 bits per heavy atom. The molecular formula is C23H29N5O2. The van der Waals surface area contributed by atoms with Crippen LogP contribution in [-0.2, 0) is 13.0 Å². The number of hydrogen-bond acceptors (Lipinski definition) is 5. The summed E-state index contributed by atoms with van der Waals surface area (Å²) in [5.74, 6) is 2.03. The zero-order chi connectivity index (χ0) is 20.3. The molecule has 1 aromatic carbocycles. The number of hydrogen-bond donors (Lipinski definition) is 1. The number of rotatable bonds is 4. The van der Waals surface area contributed by atoms with Gasteiger partial charge in [0.05, 0.1) is 18.5 Å². The van der Waals surface area contributed by atoms with Crippen LogP contribution in [0.2, 0.25) is 0 Å². The van der Waals surface area contributed by atoms with Crippen LogP contribution in [0.4, 0.5) is 16.3 Å². The van der Waals surface area contributed by atoms with Crippen molar-refractivity contribution in [1.29, 1.82) is 0 Å². The van der Waals surface area contributed by atoms with Gasteiger partial charge in [0.15, 0.2) is 0 Å². The highest BCUT2D eigenvalue weighted by atomic mass is 16.5. The molecule has 7 nitrogen and oxygen atoms in total. The van der Waals surface area contributed by atoms with E-state index >= 15 is 0 Å². The molecule has 1 aromatic heterocycles. The molecule has 0 spiro atoms. The van der Waals surface area contributed by atoms with Crippen LogP contribution >= 0.6 is 0 Å². The van der Waals surface area contributed by atoms with Crippen LogP contribution < -0.4 is 15.0 Å². The third-order valence-electron chi connectivity index (χ3n) is 6.25. The lowest BCUT2D eigenvalue weighted by atomic mass is 10.1. The summed E-state index contributed by atoms with van der Waals surface area (Å²) in [5.41, 5.74) is 3.39. The molecule has 0 bridgehead atoms. The summed E-state index contributed by atoms with van der Waals surface area (Å²) >= 11 is 0. The van der Waals surface area contributed by atoms with Gasteiger partial charge < -0.3 is 19.9 Å². The van der Waals surface area contributed by atoms with E-state index in [1.165, 1.54) is 24.0 Å². The monoisotopic (exact) mass is 407 g/mol. The zero-order valence-electron chi connectivity index (χ0n) is 17.3. The van der Waals surface area contributed by atoms with Crippen molar-refractivity contribution < 1.29 is 9.53 Å². The number of carbonyl (C=O) groups excluding carboxylic acids is 1. The van der Waals surface area contributed by atoms with Crippen molar-refractivity contribution in [3.05, 3.63) is 47.7 Å². The van der Waals surface area contributed by atoms with Crippen LogP contribution in [0.5, 0.6) is 5.75 Å². The summed E-state index contributed by atoms with van der Waals surface area (Å²) in [5, 5.41) is 3.00. The first-order chi connectivity index (χ1) is 14.7. The Balaban J connectivity index is 1.10. The number of aromatic nitrogens is 1. The summed E-state index contributed by atoms with van der Waals surface area (Å²) in [4.78, 5) is 23.8. The number of ether oxygens (including phenoxy) is 1. The Morgan fingerprint density at radius 3 is 2.63 bits per heavy atom. The Bertz CT molecular complexity index is 887. The fourth-order valence-corrected chi connectivity index (χ4v) is 4.50. The number of pyridine rings is 1. The molecule has 158 valence electrons. The predicted molar refractivity (Wildman–Crippen MR) is 117 cm³/mol. The topological polar surface area (TPSA) is 60.9 Å². The maximum absolute atomic E-state index is 12.6. The summed E-state index contributed by atoms with van der Waals surface area (Å²) < 4.78 is 5.59. The van der Waals surface area contributed by atoms with Gasteiger partial charge in [-0.15, -0.1) is 0 Å². The largest absolute Gasteiger partial charge is 0.493 e. The van der Waals surface area contributed by atoms with E-state index < -0.39 is 0 Å².